The Labute approximate surface area is 163 Å². The van der Waals surface area contributed by atoms with E-state index in [9.17, 15) is 0 Å². The van der Waals surface area contributed by atoms with Gasteiger partial charge in [-0.05, 0) is 48.6 Å². The first-order valence-corrected chi connectivity index (χ1v) is 10.2. The van der Waals surface area contributed by atoms with Gasteiger partial charge in [-0.25, -0.2) is 0 Å². The summed E-state index contributed by atoms with van der Waals surface area (Å²) in [4.78, 5) is 0. The van der Waals surface area contributed by atoms with Crippen LogP contribution in [0.15, 0.2) is 47.6 Å². The van der Waals surface area contributed by atoms with E-state index in [0.29, 0.717) is 11.1 Å². The highest BCUT2D eigenvalue weighted by Gasteiger charge is 2.44. The third-order valence-corrected chi connectivity index (χ3v) is 6.02. The molecule has 2 aromatic carbocycles. The zero-order chi connectivity index (χ0) is 19.0. The summed E-state index contributed by atoms with van der Waals surface area (Å²) in [5, 5.41) is 5.68. The van der Waals surface area contributed by atoms with Crippen LogP contribution in [0.4, 0.5) is 0 Å². The highest BCUT2D eigenvalue weighted by atomic mass is 32.2. The molecule has 5 nitrogen and oxygen atoms in total. The molecule has 140 valence electrons. The lowest BCUT2D eigenvalue weighted by Crippen LogP contribution is -2.29. The van der Waals surface area contributed by atoms with E-state index in [1.807, 2.05) is 23.1 Å². The van der Waals surface area contributed by atoms with E-state index in [4.69, 9.17) is 20.3 Å². The van der Waals surface area contributed by atoms with Crippen molar-refractivity contribution in [3.63, 3.8) is 0 Å². The van der Waals surface area contributed by atoms with Gasteiger partial charge in [0.2, 0.25) is 0 Å². The van der Waals surface area contributed by atoms with Crippen LogP contribution in [0.1, 0.15) is 29.2 Å². The Hall–Kier alpha value is -2.47. The molecule has 2 aromatic rings. The minimum atomic E-state index is 0.0561. The van der Waals surface area contributed by atoms with Gasteiger partial charge in [0.1, 0.15) is 0 Å². The van der Waals surface area contributed by atoms with Crippen LogP contribution >= 0.6 is 11.8 Å². The van der Waals surface area contributed by atoms with Crippen LogP contribution in [0, 0.1) is 5.92 Å². The molecule has 6 heteroatoms. The number of thioether (sulfide) groups is 1. The lowest BCUT2D eigenvalue weighted by Gasteiger charge is -2.25. The van der Waals surface area contributed by atoms with E-state index in [-0.39, 0.29) is 6.04 Å². The first-order chi connectivity index (χ1) is 13.2. The number of ether oxygens (including phenoxy) is 2. The quantitative estimate of drug-likeness (QED) is 0.653. The zero-order valence-corrected chi connectivity index (χ0v) is 16.6. The second-order valence-electron chi connectivity index (χ2n) is 6.73. The molecule has 0 aromatic heterocycles. The summed E-state index contributed by atoms with van der Waals surface area (Å²) >= 11 is 1.52. The van der Waals surface area contributed by atoms with Crippen LogP contribution in [0.2, 0.25) is 0 Å². The van der Waals surface area contributed by atoms with Crippen molar-refractivity contribution < 1.29 is 14.2 Å². The van der Waals surface area contributed by atoms with Crippen molar-refractivity contribution in [1.29, 1.82) is 0 Å². The number of aryl methyl sites for hydroxylation is 1. The first-order valence-electron chi connectivity index (χ1n) is 9.02. The van der Waals surface area contributed by atoms with Gasteiger partial charge in [0.25, 0.3) is 0 Å². The number of hydrogen-bond donors (Lipinski definition) is 1. The summed E-state index contributed by atoms with van der Waals surface area (Å²) < 4.78 is 12.9. The minimum absolute atomic E-state index is 0.0561. The fourth-order valence-electron chi connectivity index (χ4n) is 4.11. The van der Waals surface area contributed by atoms with E-state index in [1.54, 1.807) is 14.2 Å². The third-order valence-electron chi connectivity index (χ3n) is 5.41. The summed E-state index contributed by atoms with van der Waals surface area (Å²) in [6, 6.07) is 14.7. The SMILES string of the molecule is COc1ccc([C@@H]2[C@@H]3CCc4ccccc4C3=N/[N+]2=C(\N)SC)cc1OC. The van der Waals surface area contributed by atoms with Crippen LogP contribution < -0.4 is 15.2 Å². The number of hydrazone groups is 1. The largest absolute Gasteiger partial charge is 0.493 e. The Morgan fingerprint density at radius 2 is 1.93 bits per heavy atom. The Morgan fingerprint density at radius 3 is 2.67 bits per heavy atom. The molecule has 0 spiro atoms. The molecule has 27 heavy (non-hydrogen) atoms. The Balaban J connectivity index is 1.84. The molecule has 2 aliphatic rings. The van der Waals surface area contributed by atoms with E-state index in [1.165, 1.54) is 22.9 Å². The molecule has 1 aliphatic heterocycles. The molecule has 0 bridgehead atoms. The number of fused-ring (bicyclic) bond motifs is 3. The number of rotatable bonds is 3. The second-order valence-corrected chi connectivity index (χ2v) is 7.56. The van der Waals surface area contributed by atoms with Gasteiger partial charge in [0.15, 0.2) is 17.5 Å². The van der Waals surface area contributed by atoms with Crippen LogP contribution in [0.5, 0.6) is 11.5 Å². The molecule has 2 atom stereocenters. The van der Waals surface area contributed by atoms with Crippen molar-refractivity contribution in [3.8, 4) is 11.5 Å². The second kappa shape index (κ2) is 7.27. The van der Waals surface area contributed by atoms with Crippen LogP contribution in [-0.4, -0.2) is 36.0 Å². The smallest absolute Gasteiger partial charge is 0.329 e. The predicted molar refractivity (Wildman–Crippen MR) is 110 cm³/mol. The number of nitrogens with zero attached hydrogens (tertiary/aromatic N) is 2. The maximum Gasteiger partial charge on any atom is 0.329 e. The van der Waals surface area contributed by atoms with E-state index in [2.05, 4.69) is 30.3 Å². The van der Waals surface area contributed by atoms with Crippen molar-refractivity contribution in [2.45, 2.75) is 18.9 Å². The molecular formula is C21H24N3O2S+. The van der Waals surface area contributed by atoms with Crippen LogP contribution in [0.3, 0.4) is 0 Å². The molecule has 1 aliphatic carbocycles. The average molecular weight is 383 g/mol. The molecular weight excluding hydrogens is 358 g/mol. The fourth-order valence-corrected chi connectivity index (χ4v) is 4.45. The fraction of sp³-hybridized carbons (Fsp3) is 0.333. The predicted octanol–water partition coefficient (Wildman–Crippen LogP) is 3.42. The third kappa shape index (κ3) is 2.98. The monoisotopic (exact) mass is 382 g/mol. The Kier molecular flexibility index (Phi) is 4.83. The average Bonchev–Trinajstić information content (AvgIpc) is 3.12. The lowest BCUT2D eigenvalue weighted by molar-refractivity contribution is -0.571. The van der Waals surface area contributed by atoms with Gasteiger partial charge in [-0.2, -0.15) is 0 Å². The van der Waals surface area contributed by atoms with E-state index < -0.39 is 0 Å². The van der Waals surface area contributed by atoms with Gasteiger partial charge in [-0.3, -0.25) is 5.73 Å². The van der Waals surface area contributed by atoms with Crippen molar-refractivity contribution in [1.82, 2.24) is 0 Å². The maximum atomic E-state index is 6.35. The van der Waals surface area contributed by atoms with E-state index in [0.717, 1.165) is 35.6 Å². The Bertz CT molecular complexity index is 939. The molecule has 0 amide bonds. The summed E-state index contributed by atoms with van der Waals surface area (Å²) in [5.74, 6) is 1.74. The summed E-state index contributed by atoms with van der Waals surface area (Å²) in [5.41, 5.74) is 11.2. The van der Waals surface area contributed by atoms with Gasteiger partial charge in [0, 0.05) is 11.1 Å². The number of methoxy groups -OCH3 is 2. The van der Waals surface area contributed by atoms with E-state index >= 15 is 0 Å². The molecule has 0 saturated carbocycles. The molecule has 0 radical (unpaired) electrons. The number of amidine groups is 1. The number of benzene rings is 2. The minimum Gasteiger partial charge on any atom is -0.493 e. The van der Waals surface area contributed by atoms with Crippen molar-refractivity contribution >= 4 is 22.6 Å². The van der Waals surface area contributed by atoms with Gasteiger partial charge in [-0.1, -0.05) is 35.4 Å². The highest BCUT2D eigenvalue weighted by molar-refractivity contribution is 8.12. The molecule has 0 fully saturated rings. The highest BCUT2D eigenvalue weighted by Crippen LogP contribution is 2.43. The summed E-state index contributed by atoms with van der Waals surface area (Å²) in [7, 11) is 3.31. The van der Waals surface area contributed by atoms with Crippen LogP contribution in [0.25, 0.3) is 0 Å². The Morgan fingerprint density at radius 1 is 1.15 bits per heavy atom. The van der Waals surface area contributed by atoms with Gasteiger partial charge in [0.05, 0.1) is 25.8 Å². The van der Waals surface area contributed by atoms with Crippen molar-refractivity contribution in [2.24, 2.45) is 16.8 Å². The van der Waals surface area contributed by atoms with Crippen LogP contribution in [-0.2, 0) is 6.42 Å². The molecule has 2 N–H and O–H groups in total. The van der Waals surface area contributed by atoms with Gasteiger partial charge in [-0.15, -0.1) is 4.68 Å². The maximum absolute atomic E-state index is 6.35. The topological polar surface area (TPSA) is 59.9 Å². The van der Waals surface area contributed by atoms with Crippen molar-refractivity contribution in [2.75, 3.05) is 20.5 Å². The normalized spacial score (nSPS) is 22.6. The lowest BCUT2D eigenvalue weighted by atomic mass is 9.77. The molecule has 0 unspecified atom stereocenters. The first kappa shape index (κ1) is 17.9. The standard InChI is InChI=1S/C21H23N3O2S/c1-25-17-11-9-14(12-18(17)26-2)20-16-10-8-13-6-4-5-7-15(13)19(16)23-24(20)21(22)27-3/h4-7,9,11-12,16,20,22H,8,10H2,1-3H3/p+1/t16-,20-/m1/s1. The molecule has 4 rings (SSSR count). The summed E-state index contributed by atoms with van der Waals surface area (Å²) in [6.07, 6.45) is 4.08. The zero-order valence-electron chi connectivity index (χ0n) is 15.8. The molecule has 0 saturated heterocycles. The number of nitrogens with two attached hydrogens (primary N) is 1. The van der Waals surface area contributed by atoms with Crippen molar-refractivity contribution in [3.05, 3.63) is 59.2 Å². The van der Waals surface area contributed by atoms with Gasteiger partial charge < -0.3 is 9.47 Å². The number of hydrogen-bond acceptors (Lipinski definition) is 4. The van der Waals surface area contributed by atoms with Gasteiger partial charge >= 0.3 is 5.17 Å². The summed E-state index contributed by atoms with van der Waals surface area (Å²) in [6.45, 7) is 0. The molecule has 1 heterocycles.